The number of carbonyl (C=O) groups is 2. The molecular formula is C14H15N7O4. The van der Waals surface area contributed by atoms with Crippen LogP contribution in [0.1, 0.15) is 27.4 Å². The van der Waals surface area contributed by atoms with Gasteiger partial charge >= 0.3 is 0 Å². The van der Waals surface area contributed by atoms with Crippen LogP contribution in [-0.2, 0) is 14.1 Å². The van der Waals surface area contributed by atoms with Crippen LogP contribution in [0.25, 0.3) is 0 Å². The zero-order chi connectivity index (χ0) is 18.6. The average molecular weight is 345 g/mol. The summed E-state index contributed by atoms with van der Waals surface area (Å²) >= 11 is 0. The summed E-state index contributed by atoms with van der Waals surface area (Å²) < 4.78 is 2.61. The van der Waals surface area contributed by atoms with Crippen LogP contribution in [0.5, 0.6) is 0 Å². The molecule has 0 unspecified atom stereocenters. The van der Waals surface area contributed by atoms with Crippen molar-refractivity contribution in [2.75, 3.05) is 11.9 Å². The Kier molecular flexibility index (Phi) is 5.13. The SMILES string of the molecule is Cn1cc([N+](=O)[O-])cc1C(=O)Nc1cc(C(=O)NCCC#N)n(C)n1. The lowest BCUT2D eigenvalue weighted by atomic mass is 10.3. The van der Waals surface area contributed by atoms with Crippen LogP contribution in [0, 0.1) is 21.4 Å². The fourth-order valence-corrected chi connectivity index (χ4v) is 2.12. The van der Waals surface area contributed by atoms with Gasteiger partial charge in [0.25, 0.3) is 17.5 Å². The summed E-state index contributed by atoms with van der Waals surface area (Å²) in [5, 5.41) is 28.3. The lowest BCUT2D eigenvalue weighted by molar-refractivity contribution is -0.384. The van der Waals surface area contributed by atoms with Crippen LogP contribution in [0.2, 0.25) is 0 Å². The van der Waals surface area contributed by atoms with Gasteiger partial charge in [-0.1, -0.05) is 0 Å². The van der Waals surface area contributed by atoms with Crippen molar-refractivity contribution in [2.45, 2.75) is 6.42 Å². The van der Waals surface area contributed by atoms with Gasteiger partial charge in [-0.2, -0.15) is 10.4 Å². The van der Waals surface area contributed by atoms with Crippen LogP contribution in [0.4, 0.5) is 11.5 Å². The van der Waals surface area contributed by atoms with Gasteiger partial charge in [-0.15, -0.1) is 0 Å². The second-order valence-electron chi connectivity index (χ2n) is 5.11. The van der Waals surface area contributed by atoms with E-state index in [1.54, 1.807) is 0 Å². The molecule has 130 valence electrons. The molecule has 0 aromatic carbocycles. The molecule has 2 rings (SSSR count). The summed E-state index contributed by atoms with van der Waals surface area (Å²) in [4.78, 5) is 34.4. The zero-order valence-corrected chi connectivity index (χ0v) is 13.5. The molecular weight excluding hydrogens is 330 g/mol. The summed E-state index contributed by atoms with van der Waals surface area (Å²) in [5.41, 5.74) is 0.0784. The predicted molar refractivity (Wildman–Crippen MR) is 85.8 cm³/mol. The minimum absolute atomic E-state index is 0.0809. The molecule has 2 N–H and O–H groups in total. The second-order valence-corrected chi connectivity index (χ2v) is 5.11. The highest BCUT2D eigenvalue weighted by atomic mass is 16.6. The Morgan fingerprint density at radius 3 is 2.64 bits per heavy atom. The first kappa shape index (κ1) is 17.7. The summed E-state index contributed by atoms with van der Waals surface area (Å²) in [6.07, 6.45) is 1.40. The Morgan fingerprint density at radius 1 is 1.32 bits per heavy atom. The van der Waals surface area contributed by atoms with Gasteiger partial charge in [0.2, 0.25) is 0 Å². The molecule has 0 radical (unpaired) electrons. The topological polar surface area (TPSA) is 148 Å². The number of aromatic nitrogens is 3. The monoisotopic (exact) mass is 345 g/mol. The number of carbonyl (C=O) groups excluding carboxylic acids is 2. The molecule has 0 spiro atoms. The van der Waals surface area contributed by atoms with Gasteiger partial charge in [-0.3, -0.25) is 24.4 Å². The highest BCUT2D eigenvalue weighted by molar-refractivity contribution is 6.04. The fourth-order valence-electron chi connectivity index (χ4n) is 2.12. The van der Waals surface area contributed by atoms with Crippen molar-refractivity contribution in [2.24, 2.45) is 14.1 Å². The number of nitrogens with one attached hydrogen (secondary N) is 2. The molecule has 2 amide bonds. The van der Waals surface area contributed by atoms with Gasteiger partial charge in [0, 0.05) is 32.8 Å². The molecule has 0 aliphatic carbocycles. The molecule has 0 aliphatic heterocycles. The molecule has 0 atom stereocenters. The molecule has 0 bridgehead atoms. The van der Waals surface area contributed by atoms with E-state index in [0.29, 0.717) is 0 Å². The van der Waals surface area contributed by atoms with E-state index >= 15 is 0 Å². The van der Waals surface area contributed by atoms with Crippen molar-refractivity contribution in [3.8, 4) is 6.07 Å². The maximum Gasteiger partial charge on any atom is 0.287 e. The maximum absolute atomic E-state index is 12.2. The lowest BCUT2D eigenvalue weighted by Gasteiger charge is -2.01. The molecule has 0 aliphatic rings. The molecule has 25 heavy (non-hydrogen) atoms. The molecule has 2 aromatic heterocycles. The first-order valence-corrected chi connectivity index (χ1v) is 7.14. The summed E-state index contributed by atoms with van der Waals surface area (Å²) in [7, 11) is 3.04. The summed E-state index contributed by atoms with van der Waals surface area (Å²) in [6.45, 7) is 0.204. The van der Waals surface area contributed by atoms with E-state index in [-0.39, 0.29) is 35.9 Å². The molecule has 0 saturated carbocycles. The largest absolute Gasteiger partial charge is 0.350 e. The molecule has 0 fully saturated rings. The van der Waals surface area contributed by atoms with Crippen molar-refractivity contribution in [3.63, 3.8) is 0 Å². The fraction of sp³-hybridized carbons (Fsp3) is 0.286. The van der Waals surface area contributed by atoms with E-state index in [9.17, 15) is 19.7 Å². The van der Waals surface area contributed by atoms with Crippen molar-refractivity contribution < 1.29 is 14.5 Å². The Morgan fingerprint density at radius 2 is 2.04 bits per heavy atom. The van der Waals surface area contributed by atoms with Gasteiger partial charge in [-0.05, 0) is 0 Å². The number of amides is 2. The number of rotatable bonds is 6. The Labute approximate surface area is 142 Å². The molecule has 0 saturated heterocycles. The van der Waals surface area contributed by atoms with E-state index < -0.39 is 16.7 Å². The number of aryl methyl sites for hydroxylation is 2. The van der Waals surface area contributed by atoms with Gasteiger partial charge < -0.3 is 15.2 Å². The molecule has 11 heteroatoms. The van der Waals surface area contributed by atoms with E-state index in [0.717, 1.165) is 6.07 Å². The number of nitriles is 1. The van der Waals surface area contributed by atoms with E-state index in [1.807, 2.05) is 6.07 Å². The van der Waals surface area contributed by atoms with Crippen molar-refractivity contribution in [1.29, 1.82) is 5.26 Å². The molecule has 11 nitrogen and oxygen atoms in total. The van der Waals surface area contributed by atoms with Gasteiger partial charge in [-0.25, -0.2) is 0 Å². The van der Waals surface area contributed by atoms with Crippen molar-refractivity contribution in [3.05, 3.63) is 39.8 Å². The first-order chi connectivity index (χ1) is 11.8. The number of hydrogen-bond acceptors (Lipinski definition) is 6. The lowest BCUT2D eigenvalue weighted by Crippen LogP contribution is -2.26. The van der Waals surface area contributed by atoms with Crippen LogP contribution in [0.15, 0.2) is 18.3 Å². The molecule has 2 heterocycles. The smallest absolute Gasteiger partial charge is 0.287 e. The van der Waals surface area contributed by atoms with Gasteiger partial charge in [0.1, 0.15) is 11.4 Å². The van der Waals surface area contributed by atoms with Crippen LogP contribution in [-0.4, -0.2) is 37.6 Å². The van der Waals surface area contributed by atoms with E-state index in [1.165, 1.54) is 35.6 Å². The van der Waals surface area contributed by atoms with E-state index in [4.69, 9.17) is 5.26 Å². The third-order valence-corrected chi connectivity index (χ3v) is 3.31. The van der Waals surface area contributed by atoms with Crippen LogP contribution < -0.4 is 10.6 Å². The third-order valence-electron chi connectivity index (χ3n) is 3.31. The van der Waals surface area contributed by atoms with Crippen LogP contribution in [0.3, 0.4) is 0 Å². The standard InChI is InChI=1S/C14H15N7O4/c1-19-8-9(21(24)25)6-10(19)14(23)17-12-7-11(20(2)18-12)13(22)16-5-3-4-15/h6-8H,3,5H2,1-2H3,(H,16,22)(H,17,18,23). The zero-order valence-electron chi connectivity index (χ0n) is 13.5. The highest BCUT2D eigenvalue weighted by Gasteiger charge is 2.20. The minimum atomic E-state index is -0.596. The van der Waals surface area contributed by atoms with Crippen molar-refractivity contribution >= 4 is 23.3 Å². The van der Waals surface area contributed by atoms with Gasteiger partial charge in [0.05, 0.1) is 23.6 Å². The normalized spacial score (nSPS) is 10.1. The van der Waals surface area contributed by atoms with E-state index in [2.05, 4.69) is 15.7 Å². The first-order valence-electron chi connectivity index (χ1n) is 7.14. The number of nitro groups is 1. The van der Waals surface area contributed by atoms with Crippen LogP contribution >= 0.6 is 0 Å². The maximum atomic E-state index is 12.2. The Hall–Kier alpha value is -3.68. The summed E-state index contributed by atoms with van der Waals surface area (Å²) in [6, 6.07) is 4.43. The quantitative estimate of drug-likeness (QED) is 0.444. The van der Waals surface area contributed by atoms with Crippen molar-refractivity contribution in [1.82, 2.24) is 19.7 Å². The predicted octanol–water partition coefficient (Wildman–Crippen LogP) is 0.563. The highest BCUT2D eigenvalue weighted by Crippen LogP contribution is 2.17. The average Bonchev–Trinajstić information content (AvgIpc) is 3.10. The Balaban J connectivity index is 2.12. The van der Waals surface area contributed by atoms with Gasteiger partial charge in [0.15, 0.2) is 5.82 Å². The second kappa shape index (κ2) is 7.26. The third kappa shape index (κ3) is 3.99. The minimum Gasteiger partial charge on any atom is -0.350 e. The summed E-state index contributed by atoms with van der Waals surface area (Å²) in [5.74, 6) is -0.896. The number of nitrogens with zero attached hydrogens (tertiary/aromatic N) is 5. The Bertz CT molecular complexity index is 874. The number of hydrogen-bond donors (Lipinski definition) is 2. The number of anilines is 1. The molecule has 2 aromatic rings.